The normalized spacial score (nSPS) is 13.2. The molecule has 0 radical (unpaired) electrons. The van der Waals surface area contributed by atoms with E-state index in [0.717, 1.165) is 0 Å². The number of carbonyl (C=O) groups excluding carboxylic acids is 1. The Hall–Kier alpha value is -0.290. The van der Waals surface area contributed by atoms with Gasteiger partial charge in [-0.15, -0.1) is 0 Å². The number of nitrogens with one attached hydrogen (secondary N) is 1. The number of hydrogen-bond acceptors (Lipinski definition) is 3. The fourth-order valence-corrected chi connectivity index (χ4v) is 2.15. The summed E-state index contributed by atoms with van der Waals surface area (Å²) in [5.41, 5.74) is 5.02. The molecule has 16 heavy (non-hydrogen) atoms. The van der Waals surface area contributed by atoms with Crippen LogP contribution in [-0.2, 0) is 4.79 Å². The molecule has 0 aromatic carbocycles. The number of thiocarbonyl (C=S) groups is 1. The fraction of sp³-hybridized carbons (Fsp3) is 0.818. The number of thioether (sulfide) groups is 1. The van der Waals surface area contributed by atoms with E-state index in [1.807, 2.05) is 20.1 Å². The Kier molecular flexibility index (Phi) is 6.99. The third-order valence-corrected chi connectivity index (χ3v) is 4.43. The van der Waals surface area contributed by atoms with E-state index in [1.54, 1.807) is 11.8 Å². The highest BCUT2D eigenvalue weighted by Crippen LogP contribution is 2.27. The van der Waals surface area contributed by atoms with Crippen LogP contribution in [0.3, 0.4) is 0 Å². The van der Waals surface area contributed by atoms with Gasteiger partial charge in [-0.3, -0.25) is 4.79 Å². The standard InChI is InChI=1S/C11H22N2OS2/c1-5-11(6-2,9(12)15)10(14)13-7-8(3)16-4/h8H,5-7H2,1-4H3,(H2,12,15)(H,13,14). The molecule has 0 aliphatic heterocycles. The molecule has 94 valence electrons. The van der Waals surface area contributed by atoms with E-state index in [0.29, 0.717) is 29.6 Å². The molecule has 0 bridgehead atoms. The van der Waals surface area contributed by atoms with Crippen molar-refractivity contribution in [1.82, 2.24) is 5.32 Å². The fourth-order valence-electron chi connectivity index (χ4n) is 1.52. The summed E-state index contributed by atoms with van der Waals surface area (Å²) in [6.07, 6.45) is 3.33. The SMILES string of the molecule is CCC(CC)(C(=O)NCC(C)SC)C(N)=S. The van der Waals surface area contributed by atoms with Crippen LogP contribution in [0.15, 0.2) is 0 Å². The summed E-state index contributed by atoms with van der Waals surface area (Å²) in [6.45, 7) is 6.62. The van der Waals surface area contributed by atoms with E-state index in [1.165, 1.54) is 0 Å². The smallest absolute Gasteiger partial charge is 0.233 e. The molecular formula is C11H22N2OS2. The molecule has 3 N–H and O–H groups in total. The van der Waals surface area contributed by atoms with Gasteiger partial charge in [-0.25, -0.2) is 0 Å². The molecule has 1 amide bonds. The van der Waals surface area contributed by atoms with Gasteiger partial charge in [0.05, 0.1) is 10.4 Å². The summed E-state index contributed by atoms with van der Waals surface area (Å²) in [4.78, 5) is 12.4. The van der Waals surface area contributed by atoms with Gasteiger partial charge in [-0.05, 0) is 19.1 Å². The Labute approximate surface area is 108 Å². The van der Waals surface area contributed by atoms with Gasteiger partial charge < -0.3 is 11.1 Å². The zero-order chi connectivity index (χ0) is 12.8. The van der Waals surface area contributed by atoms with Crippen molar-refractivity contribution in [2.75, 3.05) is 12.8 Å². The van der Waals surface area contributed by atoms with E-state index in [9.17, 15) is 4.79 Å². The number of nitrogens with two attached hydrogens (primary N) is 1. The monoisotopic (exact) mass is 262 g/mol. The molecule has 0 aliphatic rings. The van der Waals surface area contributed by atoms with Gasteiger partial charge in [-0.1, -0.05) is 33.0 Å². The zero-order valence-corrected chi connectivity index (χ0v) is 12.1. The number of carbonyl (C=O) groups is 1. The highest BCUT2D eigenvalue weighted by molar-refractivity contribution is 7.99. The maximum atomic E-state index is 12.1. The Bertz CT molecular complexity index is 252. The van der Waals surface area contributed by atoms with Gasteiger partial charge in [0.1, 0.15) is 0 Å². The van der Waals surface area contributed by atoms with Crippen LogP contribution in [0.4, 0.5) is 0 Å². The van der Waals surface area contributed by atoms with E-state index in [4.69, 9.17) is 18.0 Å². The van der Waals surface area contributed by atoms with Gasteiger partial charge >= 0.3 is 0 Å². The van der Waals surface area contributed by atoms with Crippen molar-refractivity contribution in [3.63, 3.8) is 0 Å². The lowest BCUT2D eigenvalue weighted by Gasteiger charge is -2.29. The van der Waals surface area contributed by atoms with Crippen LogP contribution in [0, 0.1) is 5.41 Å². The first-order valence-electron chi connectivity index (χ1n) is 5.55. The lowest BCUT2D eigenvalue weighted by Crippen LogP contribution is -2.49. The molecular weight excluding hydrogens is 240 g/mol. The Morgan fingerprint density at radius 3 is 2.31 bits per heavy atom. The highest BCUT2D eigenvalue weighted by Gasteiger charge is 2.37. The molecule has 1 unspecified atom stereocenters. The maximum Gasteiger partial charge on any atom is 0.233 e. The van der Waals surface area contributed by atoms with Crippen LogP contribution in [0.25, 0.3) is 0 Å². The lowest BCUT2D eigenvalue weighted by atomic mass is 9.81. The van der Waals surface area contributed by atoms with Crippen molar-refractivity contribution < 1.29 is 4.79 Å². The lowest BCUT2D eigenvalue weighted by molar-refractivity contribution is -0.127. The number of amides is 1. The quantitative estimate of drug-likeness (QED) is 0.689. The van der Waals surface area contributed by atoms with Gasteiger partial charge in [0.25, 0.3) is 0 Å². The van der Waals surface area contributed by atoms with Crippen LogP contribution >= 0.6 is 24.0 Å². The first kappa shape index (κ1) is 15.7. The molecule has 0 aromatic heterocycles. The second kappa shape index (κ2) is 7.12. The molecule has 3 nitrogen and oxygen atoms in total. The van der Waals surface area contributed by atoms with Crippen molar-refractivity contribution in [3.8, 4) is 0 Å². The Morgan fingerprint density at radius 2 is 2.00 bits per heavy atom. The van der Waals surface area contributed by atoms with Crippen molar-refractivity contribution in [2.24, 2.45) is 11.1 Å². The van der Waals surface area contributed by atoms with Gasteiger partial charge in [0.15, 0.2) is 0 Å². The predicted octanol–water partition coefficient (Wildman–Crippen LogP) is 1.95. The Balaban J connectivity index is 4.58. The van der Waals surface area contributed by atoms with Crippen molar-refractivity contribution in [2.45, 2.75) is 38.9 Å². The van der Waals surface area contributed by atoms with Gasteiger partial charge in [0.2, 0.25) is 5.91 Å². The molecule has 0 aromatic rings. The van der Waals surface area contributed by atoms with Crippen LogP contribution in [-0.4, -0.2) is 28.9 Å². The Morgan fingerprint density at radius 1 is 1.50 bits per heavy atom. The average Bonchev–Trinajstić information content (AvgIpc) is 2.27. The van der Waals surface area contributed by atoms with Gasteiger partial charge in [-0.2, -0.15) is 11.8 Å². The minimum Gasteiger partial charge on any atom is -0.392 e. The zero-order valence-electron chi connectivity index (χ0n) is 10.5. The van der Waals surface area contributed by atoms with Crippen molar-refractivity contribution in [1.29, 1.82) is 0 Å². The summed E-state index contributed by atoms with van der Waals surface area (Å²) in [5.74, 6) is -0.0362. The molecule has 0 heterocycles. The average molecular weight is 262 g/mol. The van der Waals surface area contributed by atoms with E-state index in [-0.39, 0.29) is 5.91 Å². The summed E-state index contributed by atoms with van der Waals surface area (Å²) in [5, 5.41) is 3.33. The first-order chi connectivity index (χ1) is 7.44. The van der Waals surface area contributed by atoms with Crippen LogP contribution in [0.5, 0.6) is 0 Å². The van der Waals surface area contributed by atoms with E-state index in [2.05, 4.69) is 12.2 Å². The molecule has 0 aliphatic carbocycles. The van der Waals surface area contributed by atoms with Crippen LogP contribution in [0.2, 0.25) is 0 Å². The highest BCUT2D eigenvalue weighted by atomic mass is 32.2. The summed E-state index contributed by atoms with van der Waals surface area (Å²) < 4.78 is 0. The predicted molar refractivity (Wildman–Crippen MR) is 75.8 cm³/mol. The summed E-state index contributed by atoms with van der Waals surface area (Å²) >= 11 is 6.75. The number of hydrogen-bond donors (Lipinski definition) is 2. The molecule has 1 atom stereocenters. The van der Waals surface area contributed by atoms with E-state index < -0.39 is 5.41 Å². The van der Waals surface area contributed by atoms with E-state index >= 15 is 0 Å². The third-order valence-electron chi connectivity index (χ3n) is 3.07. The first-order valence-corrected chi connectivity index (χ1v) is 7.25. The molecule has 0 spiro atoms. The minimum atomic E-state index is -0.673. The van der Waals surface area contributed by atoms with Crippen LogP contribution in [0.1, 0.15) is 33.6 Å². The summed E-state index contributed by atoms with van der Waals surface area (Å²) in [7, 11) is 0. The molecule has 5 heteroatoms. The van der Waals surface area contributed by atoms with Crippen molar-refractivity contribution >= 4 is 34.9 Å². The second-order valence-electron chi connectivity index (χ2n) is 3.91. The second-order valence-corrected chi connectivity index (χ2v) is 5.63. The summed E-state index contributed by atoms with van der Waals surface area (Å²) in [6, 6.07) is 0. The molecule has 0 saturated carbocycles. The molecule has 0 rings (SSSR count). The molecule has 0 saturated heterocycles. The minimum absolute atomic E-state index is 0.0362. The number of rotatable bonds is 7. The largest absolute Gasteiger partial charge is 0.392 e. The maximum absolute atomic E-state index is 12.1. The van der Waals surface area contributed by atoms with Crippen LogP contribution < -0.4 is 11.1 Å². The third kappa shape index (κ3) is 3.63. The molecule has 0 fully saturated rings. The van der Waals surface area contributed by atoms with Crippen molar-refractivity contribution in [3.05, 3.63) is 0 Å². The topological polar surface area (TPSA) is 55.1 Å². The van der Waals surface area contributed by atoms with Gasteiger partial charge in [0, 0.05) is 11.8 Å².